The molecule has 9 nitrogen and oxygen atoms in total. The Kier molecular flexibility index (Phi) is 7.69. The lowest BCUT2D eigenvalue weighted by molar-refractivity contribution is -0.122. The van der Waals surface area contributed by atoms with Crippen molar-refractivity contribution in [1.29, 1.82) is 0 Å². The molecule has 6 rings (SSSR count). The molecule has 1 aromatic heterocycles. The van der Waals surface area contributed by atoms with Crippen LogP contribution in [0.5, 0.6) is 11.5 Å². The van der Waals surface area contributed by atoms with Crippen LogP contribution in [0.4, 0.5) is 11.4 Å². The first kappa shape index (κ1) is 28.3. The second-order valence-electron chi connectivity index (χ2n) is 9.67. The van der Waals surface area contributed by atoms with E-state index in [2.05, 4.69) is 21.2 Å². The SMILES string of the molecule is COc1ccc(NC(=O)Cn2c3c(sc2=O)C(c2ccccc2OC)C2C(=O)N(c4ccc(Br)cc4)C(=O)C2S3)cc1. The van der Waals surface area contributed by atoms with Crippen molar-refractivity contribution < 1.29 is 23.9 Å². The largest absolute Gasteiger partial charge is 0.497 e. The maximum absolute atomic E-state index is 14.0. The van der Waals surface area contributed by atoms with E-state index in [1.54, 1.807) is 68.8 Å². The van der Waals surface area contributed by atoms with Crippen LogP contribution in [0.15, 0.2) is 87.1 Å². The van der Waals surface area contributed by atoms with E-state index in [0.29, 0.717) is 38.3 Å². The monoisotopic (exact) mass is 665 g/mol. The van der Waals surface area contributed by atoms with E-state index >= 15 is 0 Å². The van der Waals surface area contributed by atoms with E-state index in [9.17, 15) is 19.2 Å². The number of imide groups is 1. The molecule has 1 N–H and O–H groups in total. The number of nitrogens with zero attached hydrogens (tertiary/aromatic N) is 2. The summed E-state index contributed by atoms with van der Waals surface area (Å²) in [6.45, 7) is -0.252. The molecule has 2 aliphatic heterocycles. The molecule has 0 saturated carbocycles. The molecule has 12 heteroatoms. The van der Waals surface area contributed by atoms with Crippen LogP contribution >= 0.6 is 39.0 Å². The highest BCUT2D eigenvalue weighted by Crippen LogP contribution is 2.55. The summed E-state index contributed by atoms with van der Waals surface area (Å²) in [6.07, 6.45) is 0. The average Bonchev–Trinajstić information content (AvgIpc) is 3.44. The normalized spacial score (nSPS) is 19.3. The number of amides is 3. The van der Waals surface area contributed by atoms with Crippen molar-refractivity contribution in [2.24, 2.45) is 5.92 Å². The molecule has 0 aliphatic carbocycles. The van der Waals surface area contributed by atoms with E-state index in [0.717, 1.165) is 15.8 Å². The third-order valence-corrected chi connectivity index (χ3v) is 10.4. The summed E-state index contributed by atoms with van der Waals surface area (Å²) in [4.78, 5) is 55.9. The number of halogens is 1. The lowest BCUT2D eigenvalue weighted by Crippen LogP contribution is -2.33. The third kappa shape index (κ3) is 4.93. The number of hydrogen-bond acceptors (Lipinski definition) is 8. The summed E-state index contributed by atoms with van der Waals surface area (Å²) in [5.41, 5.74) is 1.73. The quantitative estimate of drug-likeness (QED) is 0.273. The fraction of sp³-hybridized carbons (Fsp3) is 0.200. The minimum absolute atomic E-state index is 0.252. The van der Waals surface area contributed by atoms with Crippen molar-refractivity contribution in [3.8, 4) is 11.5 Å². The van der Waals surface area contributed by atoms with Crippen molar-refractivity contribution in [2.75, 3.05) is 24.4 Å². The van der Waals surface area contributed by atoms with Crippen LogP contribution in [0.2, 0.25) is 0 Å². The smallest absolute Gasteiger partial charge is 0.308 e. The highest BCUT2D eigenvalue weighted by atomic mass is 79.9. The lowest BCUT2D eigenvalue weighted by atomic mass is 9.82. The molecule has 3 heterocycles. The molecule has 3 unspecified atom stereocenters. The zero-order valence-electron chi connectivity index (χ0n) is 22.4. The number of hydrogen-bond donors (Lipinski definition) is 1. The van der Waals surface area contributed by atoms with Crippen LogP contribution in [-0.4, -0.2) is 41.8 Å². The second kappa shape index (κ2) is 11.4. The van der Waals surface area contributed by atoms with E-state index in [4.69, 9.17) is 9.47 Å². The summed E-state index contributed by atoms with van der Waals surface area (Å²) in [5, 5.41) is 2.52. The van der Waals surface area contributed by atoms with E-state index in [1.165, 1.54) is 21.2 Å². The number of carbonyl (C=O) groups is 3. The van der Waals surface area contributed by atoms with Gasteiger partial charge < -0.3 is 14.8 Å². The van der Waals surface area contributed by atoms with Crippen LogP contribution < -0.4 is 24.6 Å². The van der Waals surface area contributed by atoms with Crippen molar-refractivity contribution in [3.63, 3.8) is 0 Å². The van der Waals surface area contributed by atoms with Gasteiger partial charge in [-0.05, 0) is 54.6 Å². The van der Waals surface area contributed by atoms with Gasteiger partial charge in [-0.3, -0.25) is 23.7 Å². The van der Waals surface area contributed by atoms with E-state index in [1.807, 2.05) is 18.2 Å². The van der Waals surface area contributed by atoms with Gasteiger partial charge in [0, 0.05) is 26.5 Å². The molecule has 0 spiro atoms. The highest BCUT2D eigenvalue weighted by Gasteiger charge is 2.57. The first-order valence-corrected chi connectivity index (χ1v) is 15.4. The Labute approximate surface area is 257 Å². The molecule has 1 saturated heterocycles. The van der Waals surface area contributed by atoms with Gasteiger partial charge in [0.1, 0.15) is 23.3 Å². The molecule has 0 bridgehead atoms. The number of rotatable bonds is 7. The van der Waals surface area contributed by atoms with Crippen molar-refractivity contribution in [1.82, 2.24) is 4.57 Å². The van der Waals surface area contributed by atoms with Crippen LogP contribution in [0, 0.1) is 5.92 Å². The first-order chi connectivity index (χ1) is 20.3. The molecular weight excluding hydrogens is 642 g/mol. The summed E-state index contributed by atoms with van der Waals surface area (Å²) < 4.78 is 13.0. The molecule has 214 valence electrons. The Morgan fingerprint density at radius 3 is 2.33 bits per heavy atom. The number of fused-ring (bicyclic) bond motifs is 2. The number of ether oxygens (including phenoxy) is 2. The van der Waals surface area contributed by atoms with Gasteiger partial charge in [-0.2, -0.15) is 0 Å². The van der Waals surface area contributed by atoms with E-state index < -0.39 is 23.0 Å². The molecular formula is C30H24BrN3O6S2. The van der Waals surface area contributed by atoms with Crippen LogP contribution in [0.3, 0.4) is 0 Å². The Hall–Kier alpha value is -3.87. The Bertz CT molecular complexity index is 1750. The third-order valence-electron chi connectivity index (χ3n) is 7.28. The molecule has 42 heavy (non-hydrogen) atoms. The molecule has 0 radical (unpaired) electrons. The zero-order valence-corrected chi connectivity index (χ0v) is 25.6. The summed E-state index contributed by atoms with van der Waals surface area (Å²) in [5.74, 6) is -1.30. The van der Waals surface area contributed by atoms with Gasteiger partial charge >= 0.3 is 4.87 Å². The number of thioether (sulfide) groups is 1. The van der Waals surface area contributed by atoms with Crippen molar-refractivity contribution in [2.45, 2.75) is 22.7 Å². The Morgan fingerprint density at radius 2 is 1.64 bits per heavy atom. The topological polar surface area (TPSA) is 107 Å². The maximum atomic E-state index is 14.0. The Morgan fingerprint density at radius 1 is 0.929 bits per heavy atom. The standard InChI is InChI=1S/C30H24BrN3O6S2/c1-39-19-13-9-17(10-14-19)32-22(35)15-33-29-26(42-30(33)38)23(20-5-3-4-6-21(20)40-2)24-25(41-29)28(37)34(27(24)36)18-11-7-16(31)8-12-18/h3-14,23-25H,15H2,1-2H3,(H,32,35). The van der Waals surface area contributed by atoms with Gasteiger partial charge in [-0.15, -0.1) is 0 Å². The summed E-state index contributed by atoms with van der Waals surface area (Å²) in [6, 6.07) is 21.2. The van der Waals surface area contributed by atoms with Crippen LogP contribution in [0.25, 0.3) is 0 Å². The molecule has 2 aliphatic rings. The summed E-state index contributed by atoms with van der Waals surface area (Å²) >= 11 is 5.56. The van der Waals surface area contributed by atoms with Gasteiger partial charge in [0.25, 0.3) is 0 Å². The maximum Gasteiger partial charge on any atom is 0.308 e. The van der Waals surface area contributed by atoms with Crippen LogP contribution in [0.1, 0.15) is 16.4 Å². The van der Waals surface area contributed by atoms with Gasteiger partial charge in [0.15, 0.2) is 0 Å². The number of nitrogens with one attached hydrogen (secondary N) is 1. The van der Waals surface area contributed by atoms with Crippen molar-refractivity contribution >= 4 is 68.1 Å². The van der Waals surface area contributed by atoms with Crippen LogP contribution in [-0.2, 0) is 20.9 Å². The second-order valence-corrected chi connectivity index (χ2v) is 12.7. The number of anilines is 2. The average molecular weight is 667 g/mol. The number of para-hydroxylation sites is 1. The minimum atomic E-state index is -0.798. The lowest BCUT2D eigenvalue weighted by Gasteiger charge is -2.31. The zero-order chi connectivity index (χ0) is 29.5. The number of aromatic nitrogens is 1. The Balaban J connectivity index is 1.41. The molecule has 3 amide bonds. The fourth-order valence-electron chi connectivity index (χ4n) is 5.38. The van der Waals surface area contributed by atoms with Gasteiger partial charge in [-0.1, -0.05) is 57.2 Å². The fourth-order valence-corrected chi connectivity index (χ4v) is 8.41. The van der Waals surface area contributed by atoms with Gasteiger partial charge in [0.05, 0.1) is 30.9 Å². The predicted molar refractivity (Wildman–Crippen MR) is 165 cm³/mol. The minimum Gasteiger partial charge on any atom is -0.497 e. The summed E-state index contributed by atoms with van der Waals surface area (Å²) in [7, 11) is 3.10. The number of benzene rings is 3. The molecule has 3 atom stereocenters. The first-order valence-electron chi connectivity index (χ1n) is 12.9. The van der Waals surface area contributed by atoms with Gasteiger partial charge in [0.2, 0.25) is 17.7 Å². The number of thiazole rings is 1. The molecule has 3 aromatic carbocycles. The van der Waals surface area contributed by atoms with E-state index in [-0.39, 0.29) is 23.2 Å². The highest BCUT2D eigenvalue weighted by molar-refractivity contribution is 9.10. The molecule has 1 fully saturated rings. The number of carbonyl (C=O) groups excluding carboxylic acids is 3. The van der Waals surface area contributed by atoms with Crippen molar-refractivity contribution in [3.05, 3.63) is 97.4 Å². The number of methoxy groups -OCH3 is 2. The predicted octanol–water partition coefficient (Wildman–Crippen LogP) is 5.12. The molecule has 4 aromatic rings. The van der Waals surface area contributed by atoms with Gasteiger partial charge in [-0.25, -0.2) is 4.90 Å².